The standard InChI is InChI=1S/C26H39F3N4O6/c1-23(2,3)18(32-22(38)39-25(6,7)26(27,28)29)21(37)33-11-13-15(24(13,4)5)16(33)20(36)31-14(10-12-8-9-12)17(34)19(30)35/h12-16,18H,8-11H2,1-7H3,(H2,30,35)(H,31,36)(H,32,38)/t13?,14?,15?,16-,18+/m0/s1. The van der Waals surface area contributed by atoms with Crippen LogP contribution in [-0.4, -0.2) is 70.9 Å². The number of alkyl carbamates (subject to hydrolysis) is 1. The summed E-state index contributed by atoms with van der Waals surface area (Å²) in [5.41, 5.74) is 1.16. The van der Waals surface area contributed by atoms with Crippen molar-refractivity contribution in [2.45, 2.75) is 97.6 Å². The van der Waals surface area contributed by atoms with Crippen LogP contribution in [-0.2, 0) is 23.9 Å². The molecule has 0 bridgehead atoms. The van der Waals surface area contributed by atoms with Gasteiger partial charge in [0.25, 0.3) is 5.91 Å². The van der Waals surface area contributed by atoms with Crippen molar-refractivity contribution in [1.82, 2.24) is 15.5 Å². The topological polar surface area (TPSA) is 148 Å². The van der Waals surface area contributed by atoms with Gasteiger partial charge in [0.05, 0.1) is 6.04 Å². The Hall–Kier alpha value is -2.86. The summed E-state index contributed by atoms with van der Waals surface area (Å²) in [5.74, 6) is -3.45. The largest absolute Gasteiger partial charge is 0.434 e. The van der Waals surface area contributed by atoms with E-state index in [1.807, 2.05) is 13.8 Å². The number of hydrogen-bond acceptors (Lipinski definition) is 6. The maximum atomic E-state index is 13.8. The third kappa shape index (κ3) is 6.32. The highest BCUT2D eigenvalue weighted by Crippen LogP contribution is 2.65. The molecule has 2 saturated carbocycles. The second-order valence-corrected chi connectivity index (χ2v) is 13.2. The van der Waals surface area contributed by atoms with E-state index in [0.717, 1.165) is 12.8 Å². The first kappa shape index (κ1) is 30.7. The summed E-state index contributed by atoms with van der Waals surface area (Å²) in [4.78, 5) is 65.2. The number of primary amides is 1. The maximum absolute atomic E-state index is 13.8. The molecule has 0 aromatic carbocycles. The Balaban J connectivity index is 1.83. The molecule has 0 aromatic heterocycles. The fourth-order valence-corrected chi connectivity index (χ4v) is 5.41. The van der Waals surface area contributed by atoms with Crippen molar-refractivity contribution in [3.8, 4) is 0 Å². The van der Waals surface area contributed by atoms with Crippen molar-refractivity contribution in [1.29, 1.82) is 0 Å². The minimum Gasteiger partial charge on any atom is -0.434 e. The molecule has 0 aromatic rings. The lowest BCUT2D eigenvalue weighted by Gasteiger charge is -2.38. The predicted molar refractivity (Wildman–Crippen MR) is 133 cm³/mol. The Kier molecular flexibility index (Phi) is 7.83. The average Bonchev–Trinajstić information content (AvgIpc) is 3.61. The third-order valence-corrected chi connectivity index (χ3v) is 8.31. The van der Waals surface area contributed by atoms with Crippen LogP contribution in [0.4, 0.5) is 18.0 Å². The van der Waals surface area contributed by atoms with Gasteiger partial charge in [-0.25, -0.2) is 4.79 Å². The molecule has 0 radical (unpaired) electrons. The molecule has 4 amide bonds. The van der Waals surface area contributed by atoms with Crippen LogP contribution in [0.1, 0.15) is 67.7 Å². The molecule has 2 aliphatic carbocycles. The second kappa shape index (κ2) is 9.96. The van der Waals surface area contributed by atoms with Gasteiger partial charge in [-0.3, -0.25) is 19.2 Å². The van der Waals surface area contributed by atoms with E-state index in [-0.39, 0.29) is 36.1 Å². The lowest BCUT2D eigenvalue weighted by molar-refractivity contribution is -0.244. The zero-order valence-corrected chi connectivity index (χ0v) is 23.4. The van der Waals surface area contributed by atoms with Crippen LogP contribution in [0.15, 0.2) is 0 Å². The minimum atomic E-state index is -4.84. The Morgan fingerprint density at radius 2 is 1.59 bits per heavy atom. The van der Waals surface area contributed by atoms with Gasteiger partial charge in [-0.2, -0.15) is 13.2 Å². The number of ketones is 1. The van der Waals surface area contributed by atoms with Crippen molar-refractivity contribution < 1.29 is 41.9 Å². The van der Waals surface area contributed by atoms with E-state index >= 15 is 0 Å². The van der Waals surface area contributed by atoms with Crippen LogP contribution in [0.25, 0.3) is 0 Å². The molecule has 0 spiro atoms. The molecule has 3 aliphatic rings. The molecule has 3 fully saturated rings. The number of fused-ring (bicyclic) bond motifs is 1. The van der Waals surface area contributed by atoms with Crippen LogP contribution < -0.4 is 16.4 Å². The molecule has 3 rings (SSSR count). The molecule has 13 heteroatoms. The first-order chi connectivity index (χ1) is 17.6. The number of nitrogens with zero attached hydrogens (tertiary/aromatic N) is 1. The monoisotopic (exact) mass is 560 g/mol. The highest BCUT2D eigenvalue weighted by atomic mass is 19.4. The maximum Gasteiger partial charge on any atom is 0.427 e. The number of ether oxygens (including phenoxy) is 1. The Labute approximate surface area is 225 Å². The molecule has 5 atom stereocenters. The molecule has 1 heterocycles. The Morgan fingerprint density at radius 3 is 2.05 bits per heavy atom. The van der Waals surface area contributed by atoms with Gasteiger partial charge in [-0.15, -0.1) is 0 Å². The molecule has 4 N–H and O–H groups in total. The fourth-order valence-electron chi connectivity index (χ4n) is 5.41. The number of nitrogens with two attached hydrogens (primary N) is 1. The average molecular weight is 561 g/mol. The first-order valence-electron chi connectivity index (χ1n) is 13.1. The van der Waals surface area contributed by atoms with E-state index in [9.17, 15) is 37.1 Å². The fraction of sp³-hybridized carbons (Fsp3) is 0.808. The quantitative estimate of drug-likeness (QED) is 0.369. The zero-order valence-electron chi connectivity index (χ0n) is 23.4. The van der Waals surface area contributed by atoms with Gasteiger partial charge in [0, 0.05) is 6.54 Å². The van der Waals surface area contributed by atoms with Crippen LogP contribution in [0.5, 0.6) is 0 Å². The van der Waals surface area contributed by atoms with E-state index in [2.05, 4.69) is 15.4 Å². The van der Waals surface area contributed by atoms with Crippen molar-refractivity contribution in [2.75, 3.05) is 6.54 Å². The van der Waals surface area contributed by atoms with Gasteiger partial charge < -0.3 is 26.0 Å². The summed E-state index contributed by atoms with van der Waals surface area (Å²) < 4.78 is 44.4. The summed E-state index contributed by atoms with van der Waals surface area (Å²) in [6.07, 6.45) is -4.27. The lowest BCUT2D eigenvalue weighted by atomic mass is 9.85. The summed E-state index contributed by atoms with van der Waals surface area (Å²) in [6, 6.07) is -3.44. The molecular weight excluding hydrogens is 521 g/mol. The Morgan fingerprint density at radius 1 is 1.03 bits per heavy atom. The van der Waals surface area contributed by atoms with Crippen molar-refractivity contribution >= 4 is 29.6 Å². The number of carbonyl (C=O) groups is 5. The molecule has 220 valence electrons. The van der Waals surface area contributed by atoms with Gasteiger partial charge in [0.2, 0.25) is 23.2 Å². The number of halogens is 3. The summed E-state index contributed by atoms with van der Waals surface area (Å²) in [5, 5.41) is 4.92. The SMILES string of the molecule is CC1(C)C2CN(C(=O)[C@@H](NC(=O)OC(C)(C)C(F)(F)F)C(C)(C)C)[C@H](C(=O)NC(CC3CC3)C(=O)C(N)=O)C21. The van der Waals surface area contributed by atoms with E-state index in [4.69, 9.17) is 5.73 Å². The lowest BCUT2D eigenvalue weighted by Crippen LogP contribution is -2.61. The van der Waals surface area contributed by atoms with E-state index in [1.54, 1.807) is 20.8 Å². The number of alkyl halides is 3. The molecule has 3 unspecified atom stereocenters. The Bertz CT molecular complexity index is 1050. The zero-order chi connectivity index (χ0) is 29.9. The highest BCUT2D eigenvalue weighted by Gasteiger charge is 2.70. The summed E-state index contributed by atoms with van der Waals surface area (Å²) >= 11 is 0. The number of carbonyl (C=O) groups excluding carboxylic acids is 5. The van der Waals surface area contributed by atoms with Gasteiger partial charge >= 0.3 is 12.3 Å². The molecular formula is C26H39F3N4O6. The van der Waals surface area contributed by atoms with E-state index < -0.39 is 64.9 Å². The first-order valence-corrected chi connectivity index (χ1v) is 13.1. The van der Waals surface area contributed by atoms with Crippen LogP contribution >= 0.6 is 0 Å². The van der Waals surface area contributed by atoms with Crippen molar-refractivity contribution in [2.24, 2.45) is 34.3 Å². The predicted octanol–water partition coefficient (Wildman–Crippen LogP) is 2.29. The van der Waals surface area contributed by atoms with Crippen molar-refractivity contribution in [3.05, 3.63) is 0 Å². The number of Topliss-reactive ketones (excluding diaryl/α,β-unsaturated/α-hetero) is 1. The summed E-state index contributed by atoms with van der Waals surface area (Å²) in [7, 11) is 0. The van der Waals surface area contributed by atoms with E-state index in [0.29, 0.717) is 13.8 Å². The smallest absolute Gasteiger partial charge is 0.427 e. The van der Waals surface area contributed by atoms with Crippen molar-refractivity contribution in [3.63, 3.8) is 0 Å². The van der Waals surface area contributed by atoms with Crippen LogP contribution in [0, 0.1) is 28.6 Å². The van der Waals surface area contributed by atoms with Gasteiger partial charge in [-0.05, 0) is 48.9 Å². The molecule has 1 saturated heterocycles. The summed E-state index contributed by atoms with van der Waals surface area (Å²) in [6.45, 7) is 10.4. The number of amides is 4. The number of hydrogen-bond donors (Lipinski definition) is 3. The molecule has 1 aliphatic heterocycles. The number of nitrogens with one attached hydrogen (secondary N) is 2. The van der Waals surface area contributed by atoms with Gasteiger partial charge in [-0.1, -0.05) is 47.5 Å². The highest BCUT2D eigenvalue weighted by molar-refractivity contribution is 6.37. The van der Waals surface area contributed by atoms with Crippen LogP contribution in [0.2, 0.25) is 0 Å². The normalized spacial score (nSPS) is 25.7. The number of rotatable bonds is 9. The third-order valence-electron chi connectivity index (χ3n) is 8.31. The number of piperidine rings is 1. The second-order valence-electron chi connectivity index (χ2n) is 13.2. The van der Waals surface area contributed by atoms with Gasteiger partial charge in [0.15, 0.2) is 0 Å². The minimum absolute atomic E-state index is 0.0392. The van der Waals surface area contributed by atoms with E-state index in [1.165, 1.54) is 4.90 Å². The van der Waals surface area contributed by atoms with Gasteiger partial charge in [0.1, 0.15) is 12.1 Å². The number of likely N-dealkylation sites (tertiary alicyclic amines) is 1. The van der Waals surface area contributed by atoms with Crippen LogP contribution in [0.3, 0.4) is 0 Å². The molecule has 39 heavy (non-hydrogen) atoms. The molecule has 10 nitrogen and oxygen atoms in total.